The van der Waals surface area contributed by atoms with Crippen molar-refractivity contribution in [3.63, 3.8) is 0 Å². The average Bonchev–Trinajstić information content (AvgIpc) is 2.88. The smallest absolute Gasteiger partial charge is 0.236 e. The number of halogens is 2. The van der Waals surface area contributed by atoms with Crippen molar-refractivity contribution in [1.29, 1.82) is 0 Å². The van der Waals surface area contributed by atoms with Gasteiger partial charge in [0.15, 0.2) is 0 Å². The molecule has 0 saturated carbocycles. The molecule has 0 atom stereocenters. The van der Waals surface area contributed by atoms with Gasteiger partial charge < -0.3 is 10.2 Å². The zero-order chi connectivity index (χ0) is 13.0. The third-order valence-corrected chi connectivity index (χ3v) is 3.37. The summed E-state index contributed by atoms with van der Waals surface area (Å²) in [7, 11) is 0. The quantitative estimate of drug-likeness (QED) is 0.910. The number of nitrogens with zero attached hydrogens (tertiary/aromatic N) is 1. The van der Waals surface area contributed by atoms with Crippen molar-refractivity contribution in [2.75, 3.05) is 19.6 Å². The maximum Gasteiger partial charge on any atom is 0.236 e. The van der Waals surface area contributed by atoms with E-state index < -0.39 is 5.82 Å². The van der Waals surface area contributed by atoms with Crippen LogP contribution in [0.3, 0.4) is 0 Å². The number of benzene rings is 1. The molecule has 0 unspecified atom stereocenters. The Bertz CT molecular complexity index is 433. The lowest BCUT2D eigenvalue weighted by atomic mass is 10.2. The minimum Gasteiger partial charge on any atom is -0.342 e. The molecule has 1 amide bonds. The van der Waals surface area contributed by atoms with Crippen molar-refractivity contribution in [3.8, 4) is 0 Å². The number of carbonyl (C=O) groups is 1. The van der Waals surface area contributed by atoms with E-state index in [4.69, 9.17) is 11.6 Å². The highest BCUT2D eigenvalue weighted by molar-refractivity contribution is 6.30. The molecule has 98 valence electrons. The summed E-state index contributed by atoms with van der Waals surface area (Å²) >= 11 is 5.68. The number of rotatable bonds is 4. The summed E-state index contributed by atoms with van der Waals surface area (Å²) in [5, 5.41) is 3.07. The maximum absolute atomic E-state index is 13.6. The van der Waals surface area contributed by atoms with Gasteiger partial charge in [-0.05, 0) is 18.9 Å². The largest absolute Gasteiger partial charge is 0.342 e. The van der Waals surface area contributed by atoms with Crippen LogP contribution in [0.4, 0.5) is 4.39 Å². The molecule has 0 bridgehead atoms. The van der Waals surface area contributed by atoms with Gasteiger partial charge in [-0.25, -0.2) is 4.39 Å². The highest BCUT2D eigenvalue weighted by Gasteiger charge is 2.17. The van der Waals surface area contributed by atoms with Crippen LogP contribution in [-0.2, 0) is 11.3 Å². The van der Waals surface area contributed by atoms with E-state index in [1.807, 2.05) is 4.90 Å². The van der Waals surface area contributed by atoms with Crippen LogP contribution in [0, 0.1) is 5.82 Å². The molecule has 1 aliphatic heterocycles. The van der Waals surface area contributed by atoms with Gasteiger partial charge in [-0.3, -0.25) is 4.79 Å². The number of nitrogens with one attached hydrogen (secondary N) is 1. The first-order valence-electron chi connectivity index (χ1n) is 6.10. The Balaban J connectivity index is 1.81. The Kier molecular flexibility index (Phi) is 4.55. The van der Waals surface area contributed by atoms with E-state index in [-0.39, 0.29) is 17.5 Å². The van der Waals surface area contributed by atoms with Gasteiger partial charge in [0.05, 0.1) is 11.6 Å². The van der Waals surface area contributed by atoms with E-state index in [9.17, 15) is 9.18 Å². The maximum atomic E-state index is 13.6. The molecule has 1 heterocycles. The van der Waals surface area contributed by atoms with Crippen LogP contribution in [0.2, 0.25) is 5.02 Å². The molecule has 18 heavy (non-hydrogen) atoms. The molecule has 0 spiro atoms. The normalized spacial score (nSPS) is 15.1. The van der Waals surface area contributed by atoms with E-state index in [1.165, 1.54) is 6.07 Å². The predicted octanol–water partition coefficient (Wildman–Crippen LogP) is 2.19. The van der Waals surface area contributed by atoms with Gasteiger partial charge in [0.25, 0.3) is 0 Å². The Morgan fingerprint density at radius 2 is 2.11 bits per heavy atom. The first kappa shape index (κ1) is 13.3. The first-order chi connectivity index (χ1) is 8.68. The lowest BCUT2D eigenvalue weighted by molar-refractivity contribution is -0.129. The molecule has 3 nitrogen and oxygen atoms in total. The minimum atomic E-state index is -0.416. The fourth-order valence-corrected chi connectivity index (χ4v) is 2.26. The van der Waals surface area contributed by atoms with E-state index in [1.54, 1.807) is 12.1 Å². The molecule has 1 aromatic carbocycles. The van der Waals surface area contributed by atoms with Gasteiger partial charge in [0.2, 0.25) is 5.91 Å². The number of hydrogen-bond acceptors (Lipinski definition) is 2. The van der Waals surface area contributed by atoms with Gasteiger partial charge >= 0.3 is 0 Å². The highest BCUT2D eigenvalue weighted by Crippen LogP contribution is 2.17. The molecule has 2 rings (SSSR count). The molecule has 1 saturated heterocycles. The number of carbonyl (C=O) groups excluding carboxylic acids is 1. The first-order valence-corrected chi connectivity index (χ1v) is 6.47. The van der Waals surface area contributed by atoms with Crippen molar-refractivity contribution in [1.82, 2.24) is 10.2 Å². The number of likely N-dealkylation sites (tertiary alicyclic amines) is 1. The summed E-state index contributed by atoms with van der Waals surface area (Å²) in [4.78, 5) is 13.6. The molecule has 0 aromatic heterocycles. The summed E-state index contributed by atoms with van der Waals surface area (Å²) in [5.74, 6) is -0.338. The van der Waals surface area contributed by atoms with Gasteiger partial charge in [-0.1, -0.05) is 23.7 Å². The molecule has 1 aromatic rings. The van der Waals surface area contributed by atoms with Crippen LogP contribution in [0.15, 0.2) is 18.2 Å². The predicted molar refractivity (Wildman–Crippen MR) is 68.9 cm³/mol. The van der Waals surface area contributed by atoms with Crippen LogP contribution in [0.5, 0.6) is 0 Å². The molecule has 5 heteroatoms. The van der Waals surface area contributed by atoms with Crippen molar-refractivity contribution in [2.24, 2.45) is 0 Å². The molecular weight excluding hydrogens is 255 g/mol. The molecular formula is C13H16ClFN2O. The Labute approximate surface area is 111 Å². The van der Waals surface area contributed by atoms with Crippen molar-refractivity contribution < 1.29 is 9.18 Å². The fourth-order valence-electron chi connectivity index (χ4n) is 2.07. The fraction of sp³-hybridized carbons (Fsp3) is 0.462. The zero-order valence-electron chi connectivity index (χ0n) is 10.1. The van der Waals surface area contributed by atoms with E-state index in [0.717, 1.165) is 25.9 Å². The third-order valence-electron chi connectivity index (χ3n) is 3.08. The third kappa shape index (κ3) is 3.21. The van der Waals surface area contributed by atoms with Crippen LogP contribution in [-0.4, -0.2) is 30.4 Å². The topological polar surface area (TPSA) is 32.3 Å². The monoisotopic (exact) mass is 270 g/mol. The Hall–Kier alpha value is -1.13. The Morgan fingerprint density at radius 1 is 1.39 bits per heavy atom. The van der Waals surface area contributed by atoms with Crippen LogP contribution in [0.25, 0.3) is 0 Å². The summed E-state index contributed by atoms with van der Waals surface area (Å²) in [6.07, 6.45) is 2.16. The summed E-state index contributed by atoms with van der Waals surface area (Å²) in [6.45, 7) is 2.23. The van der Waals surface area contributed by atoms with Crippen LogP contribution < -0.4 is 5.32 Å². The summed E-state index contributed by atoms with van der Waals surface area (Å²) in [6, 6.07) is 4.87. The molecule has 0 aliphatic carbocycles. The van der Waals surface area contributed by atoms with Crippen molar-refractivity contribution in [3.05, 3.63) is 34.6 Å². The van der Waals surface area contributed by atoms with Gasteiger partial charge in [0.1, 0.15) is 5.82 Å². The number of amides is 1. The van der Waals surface area contributed by atoms with Crippen molar-refractivity contribution in [2.45, 2.75) is 19.4 Å². The molecule has 1 fully saturated rings. The Morgan fingerprint density at radius 3 is 2.83 bits per heavy atom. The van der Waals surface area contributed by atoms with Gasteiger partial charge in [0, 0.05) is 25.2 Å². The summed E-state index contributed by atoms with van der Waals surface area (Å²) in [5.41, 5.74) is 0.483. The van der Waals surface area contributed by atoms with E-state index in [2.05, 4.69) is 5.32 Å². The second-order valence-corrected chi connectivity index (χ2v) is 4.81. The molecule has 1 aliphatic rings. The molecule has 1 N–H and O–H groups in total. The second-order valence-electron chi connectivity index (χ2n) is 4.40. The second kappa shape index (κ2) is 6.16. The van der Waals surface area contributed by atoms with Crippen LogP contribution in [0.1, 0.15) is 18.4 Å². The minimum absolute atomic E-state index is 0.0786. The summed E-state index contributed by atoms with van der Waals surface area (Å²) < 4.78 is 13.6. The van der Waals surface area contributed by atoms with E-state index in [0.29, 0.717) is 12.1 Å². The SMILES string of the molecule is O=C(CNCc1cccc(Cl)c1F)N1CCCC1. The van der Waals surface area contributed by atoms with Crippen molar-refractivity contribution >= 4 is 17.5 Å². The molecule has 0 radical (unpaired) electrons. The lowest BCUT2D eigenvalue weighted by Gasteiger charge is -2.15. The standard InChI is InChI=1S/C13H16ClFN2O/c14-11-5-3-4-10(13(11)15)8-16-9-12(18)17-6-1-2-7-17/h3-5,16H,1-2,6-9H2. The van der Waals surface area contributed by atoms with Gasteiger partial charge in [-0.15, -0.1) is 0 Å². The van der Waals surface area contributed by atoms with Crippen LogP contribution >= 0.6 is 11.6 Å². The van der Waals surface area contributed by atoms with Gasteiger partial charge in [-0.2, -0.15) is 0 Å². The average molecular weight is 271 g/mol. The van der Waals surface area contributed by atoms with E-state index >= 15 is 0 Å². The highest BCUT2D eigenvalue weighted by atomic mass is 35.5. The number of hydrogen-bond donors (Lipinski definition) is 1. The zero-order valence-corrected chi connectivity index (χ0v) is 10.8. The lowest BCUT2D eigenvalue weighted by Crippen LogP contribution is -2.36.